The van der Waals surface area contributed by atoms with E-state index in [1.165, 1.54) is 6.07 Å². The van der Waals surface area contributed by atoms with Crippen molar-refractivity contribution < 1.29 is 9.53 Å². The van der Waals surface area contributed by atoms with Crippen LogP contribution in [0.1, 0.15) is 61.3 Å². The van der Waals surface area contributed by atoms with Crippen molar-refractivity contribution in [2.75, 3.05) is 18.3 Å². The largest absolute Gasteiger partial charge is 0.487 e. The summed E-state index contributed by atoms with van der Waals surface area (Å²) in [5.41, 5.74) is 2.21. The number of hydrogen-bond donors (Lipinski definition) is 0. The molecular formula is C27H31N3O3. The molecule has 0 fully saturated rings. The van der Waals surface area contributed by atoms with Gasteiger partial charge in [0.05, 0.1) is 12.6 Å². The Morgan fingerprint density at radius 3 is 2.06 bits per heavy atom. The number of ether oxygens (including phenoxy) is 1. The Bertz CT molecular complexity index is 1100. The number of benzene rings is 2. The summed E-state index contributed by atoms with van der Waals surface area (Å²) in [7, 11) is 0. The highest BCUT2D eigenvalue weighted by Crippen LogP contribution is 2.32. The third kappa shape index (κ3) is 4.51. The Labute approximate surface area is 195 Å². The van der Waals surface area contributed by atoms with Gasteiger partial charge < -0.3 is 9.64 Å². The van der Waals surface area contributed by atoms with Crippen LogP contribution in [0.4, 0.5) is 0 Å². The van der Waals surface area contributed by atoms with Crippen molar-refractivity contribution in [1.82, 2.24) is 9.58 Å². The monoisotopic (exact) mass is 445 g/mol. The fourth-order valence-electron chi connectivity index (χ4n) is 4.21. The highest BCUT2D eigenvalue weighted by Gasteiger charge is 2.37. The first-order valence-electron chi connectivity index (χ1n) is 11.6. The Morgan fingerprint density at radius 2 is 1.52 bits per heavy atom. The average Bonchev–Trinajstić information content (AvgIpc) is 2.83. The van der Waals surface area contributed by atoms with Crippen LogP contribution in [0.25, 0.3) is 0 Å². The van der Waals surface area contributed by atoms with E-state index in [2.05, 4.69) is 36.2 Å². The first-order valence-corrected chi connectivity index (χ1v) is 11.6. The van der Waals surface area contributed by atoms with Gasteiger partial charge in [0, 0.05) is 18.3 Å². The second-order valence-corrected chi connectivity index (χ2v) is 8.58. The van der Waals surface area contributed by atoms with Crippen molar-refractivity contribution in [2.45, 2.75) is 45.7 Å². The number of nitrogens with zero attached hydrogens (tertiary/aromatic N) is 3. The van der Waals surface area contributed by atoms with Gasteiger partial charge in [0.15, 0.2) is 11.4 Å². The molecule has 172 valence electrons. The maximum absolute atomic E-state index is 13.6. The summed E-state index contributed by atoms with van der Waals surface area (Å²) >= 11 is 0. The molecular weight excluding hydrogens is 414 g/mol. The molecule has 1 aliphatic heterocycles. The van der Waals surface area contributed by atoms with Crippen molar-refractivity contribution in [2.24, 2.45) is 0 Å². The quantitative estimate of drug-likeness (QED) is 0.477. The molecule has 1 aromatic heterocycles. The molecule has 0 bridgehead atoms. The molecule has 6 heteroatoms. The van der Waals surface area contributed by atoms with Gasteiger partial charge in [0.1, 0.15) is 6.67 Å². The Hall–Kier alpha value is -3.54. The molecule has 3 aromatic rings. The zero-order chi connectivity index (χ0) is 23.4. The van der Waals surface area contributed by atoms with E-state index < -0.39 is 0 Å². The molecule has 2 aromatic carbocycles. The standard InChI is InChI=1S/C27H31N3O3/c1-4-5-18-33-26-23(31)16-17-29-25(26)27(32)28(20(2)3)19-30(29)24(21-12-8-6-9-13-21)22-14-10-7-11-15-22/h6-17,20,24H,4-5,18-19H2,1-3H3. The number of pyridine rings is 1. The summed E-state index contributed by atoms with van der Waals surface area (Å²) in [4.78, 5) is 28.2. The van der Waals surface area contributed by atoms with Gasteiger partial charge in [-0.1, -0.05) is 74.0 Å². The molecule has 2 heterocycles. The third-order valence-electron chi connectivity index (χ3n) is 5.97. The Balaban J connectivity index is 1.91. The number of aromatic nitrogens is 1. The molecule has 0 spiro atoms. The normalized spacial score (nSPS) is 13.5. The maximum Gasteiger partial charge on any atom is 0.278 e. The van der Waals surface area contributed by atoms with E-state index in [0.717, 1.165) is 24.0 Å². The number of unbranched alkanes of at least 4 members (excludes halogenated alkanes) is 1. The molecule has 6 nitrogen and oxygen atoms in total. The molecule has 0 saturated heterocycles. The van der Waals surface area contributed by atoms with Gasteiger partial charge in [0.2, 0.25) is 5.43 Å². The number of amides is 1. The molecule has 4 rings (SSSR count). The van der Waals surface area contributed by atoms with Crippen LogP contribution < -0.4 is 15.2 Å². The third-order valence-corrected chi connectivity index (χ3v) is 5.97. The minimum Gasteiger partial charge on any atom is -0.487 e. The van der Waals surface area contributed by atoms with E-state index in [1.807, 2.05) is 54.9 Å². The number of fused-ring (bicyclic) bond motifs is 1. The molecule has 0 atom stereocenters. The lowest BCUT2D eigenvalue weighted by atomic mass is 9.98. The van der Waals surface area contributed by atoms with Gasteiger partial charge in [-0.25, -0.2) is 0 Å². The van der Waals surface area contributed by atoms with Gasteiger partial charge in [-0.05, 0) is 31.4 Å². The molecule has 0 N–H and O–H groups in total. The topological polar surface area (TPSA) is 54.8 Å². The minimum absolute atomic E-state index is 0.0419. The first-order chi connectivity index (χ1) is 16.0. The smallest absolute Gasteiger partial charge is 0.278 e. The Morgan fingerprint density at radius 1 is 0.909 bits per heavy atom. The molecule has 0 saturated carbocycles. The lowest BCUT2D eigenvalue weighted by Gasteiger charge is -2.45. The van der Waals surface area contributed by atoms with Gasteiger partial charge in [-0.15, -0.1) is 0 Å². The maximum atomic E-state index is 13.6. The van der Waals surface area contributed by atoms with Crippen molar-refractivity contribution in [3.63, 3.8) is 0 Å². The van der Waals surface area contributed by atoms with Gasteiger partial charge in [0.25, 0.3) is 5.91 Å². The van der Waals surface area contributed by atoms with Gasteiger partial charge >= 0.3 is 0 Å². The lowest BCUT2D eigenvalue weighted by molar-refractivity contribution is 0.0619. The molecule has 33 heavy (non-hydrogen) atoms. The summed E-state index contributed by atoms with van der Waals surface area (Å²) in [5, 5.41) is 2.13. The number of carbonyl (C=O) groups is 1. The van der Waals surface area contributed by atoms with Crippen LogP contribution in [-0.4, -0.2) is 34.8 Å². The molecule has 0 aliphatic carbocycles. The second kappa shape index (κ2) is 9.94. The van der Waals surface area contributed by atoms with E-state index in [9.17, 15) is 9.59 Å². The first kappa shape index (κ1) is 22.6. The number of carbonyl (C=O) groups excluding carboxylic acids is 1. The lowest BCUT2D eigenvalue weighted by Crippen LogP contribution is -2.57. The van der Waals surface area contributed by atoms with E-state index in [4.69, 9.17) is 4.74 Å². The summed E-state index contributed by atoms with van der Waals surface area (Å²) in [6, 6.07) is 21.7. The zero-order valence-electron chi connectivity index (χ0n) is 19.5. The van der Waals surface area contributed by atoms with Gasteiger partial charge in [-0.3, -0.25) is 19.3 Å². The van der Waals surface area contributed by atoms with Crippen LogP contribution in [0.3, 0.4) is 0 Å². The van der Waals surface area contributed by atoms with E-state index in [-0.39, 0.29) is 34.9 Å². The van der Waals surface area contributed by atoms with Gasteiger partial charge in [-0.2, -0.15) is 0 Å². The molecule has 1 amide bonds. The van der Waals surface area contributed by atoms with Crippen LogP contribution in [0.15, 0.2) is 77.7 Å². The summed E-state index contributed by atoms with van der Waals surface area (Å²) in [6.07, 6.45) is 3.45. The van der Waals surface area contributed by atoms with E-state index in [0.29, 0.717) is 13.3 Å². The number of rotatable bonds is 8. The molecule has 1 aliphatic rings. The summed E-state index contributed by atoms with van der Waals surface area (Å²) in [5.74, 6) is -0.0588. The second-order valence-electron chi connectivity index (χ2n) is 8.58. The van der Waals surface area contributed by atoms with Crippen LogP contribution in [0.5, 0.6) is 5.75 Å². The minimum atomic E-state index is -0.271. The van der Waals surface area contributed by atoms with Crippen molar-refractivity contribution >= 4 is 5.91 Å². The van der Waals surface area contributed by atoms with Crippen molar-refractivity contribution in [3.8, 4) is 5.75 Å². The van der Waals surface area contributed by atoms with Crippen molar-refractivity contribution in [3.05, 3.63) is 100.0 Å². The SMILES string of the molecule is CCCCOc1c2n(ccc1=O)N(C(c1ccccc1)c1ccccc1)CN(C(C)C)C2=O. The predicted octanol–water partition coefficient (Wildman–Crippen LogP) is 4.58. The average molecular weight is 446 g/mol. The molecule has 0 radical (unpaired) electrons. The Kier molecular flexibility index (Phi) is 6.82. The fraction of sp³-hybridized carbons (Fsp3) is 0.333. The zero-order valence-corrected chi connectivity index (χ0v) is 19.5. The van der Waals surface area contributed by atoms with E-state index in [1.54, 1.807) is 11.1 Å². The van der Waals surface area contributed by atoms with E-state index >= 15 is 0 Å². The van der Waals surface area contributed by atoms with Crippen LogP contribution in [0, 0.1) is 0 Å². The van der Waals surface area contributed by atoms with Crippen LogP contribution in [0.2, 0.25) is 0 Å². The predicted molar refractivity (Wildman–Crippen MR) is 130 cm³/mol. The summed E-state index contributed by atoms with van der Waals surface area (Å²) < 4.78 is 7.72. The van der Waals surface area contributed by atoms with Crippen molar-refractivity contribution in [1.29, 1.82) is 0 Å². The van der Waals surface area contributed by atoms with Crippen LogP contribution >= 0.6 is 0 Å². The number of hydrogen-bond acceptors (Lipinski definition) is 4. The van der Waals surface area contributed by atoms with Crippen LogP contribution in [-0.2, 0) is 0 Å². The molecule has 0 unspecified atom stereocenters. The fourth-order valence-corrected chi connectivity index (χ4v) is 4.21. The highest BCUT2D eigenvalue weighted by atomic mass is 16.5. The summed E-state index contributed by atoms with van der Waals surface area (Å²) in [6.45, 7) is 6.83. The highest BCUT2D eigenvalue weighted by molar-refractivity contribution is 5.96.